The number of carbonyl (C=O) groups excluding carboxylic acids is 1. The predicted octanol–water partition coefficient (Wildman–Crippen LogP) is 0.964. The van der Waals surface area contributed by atoms with Crippen molar-refractivity contribution >= 4 is 11.7 Å². The van der Waals surface area contributed by atoms with Gasteiger partial charge in [-0.15, -0.1) is 0 Å². The first-order valence-corrected chi connectivity index (χ1v) is 7.36. The maximum Gasteiger partial charge on any atom is 0.317 e. The highest BCUT2D eigenvalue weighted by Crippen LogP contribution is 2.37. The van der Waals surface area contributed by atoms with Gasteiger partial charge in [0.1, 0.15) is 0 Å². The molecule has 5 heteroatoms. The topological polar surface area (TPSA) is 61.6 Å². The number of amides is 2. The van der Waals surface area contributed by atoms with Gasteiger partial charge in [-0.25, -0.2) is 4.79 Å². The monoisotopic (exact) mass is 274 g/mol. The molecule has 2 amide bonds. The zero-order valence-electron chi connectivity index (χ0n) is 11.7. The first kappa shape index (κ1) is 13.2. The summed E-state index contributed by atoms with van der Waals surface area (Å²) in [6, 6.07) is 8.63. The van der Waals surface area contributed by atoms with Gasteiger partial charge in [-0.1, -0.05) is 18.2 Å². The van der Waals surface area contributed by atoms with Gasteiger partial charge >= 0.3 is 6.03 Å². The maximum atomic E-state index is 11.6. The van der Waals surface area contributed by atoms with Gasteiger partial charge in [-0.05, 0) is 24.6 Å². The Hall–Kier alpha value is -1.75. The van der Waals surface area contributed by atoms with Crippen molar-refractivity contribution in [2.45, 2.75) is 12.3 Å². The molecule has 3 rings (SSSR count). The van der Waals surface area contributed by atoms with Crippen molar-refractivity contribution in [3.8, 4) is 0 Å². The molecule has 1 fully saturated rings. The number of nitrogens with two attached hydrogens (primary N) is 1. The number of nitrogens with zero attached hydrogens (tertiary/aromatic N) is 2. The van der Waals surface area contributed by atoms with Crippen LogP contribution in [0, 0.1) is 0 Å². The fourth-order valence-electron chi connectivity index (χ4n) is 3.21. The van der Waals surface area contributed by atoms with Crippen molar-refractivity contribution in [3.05, 3.63) is 29.8 Å². The van der Waals surface area contributed by atoms with Crippen LogP contribution in [0.1, 0.15) is 17.9 Å². The third-order valence-electron chi connectivity index (χ3n) is 4.26. The summed E-state index contributed by atoms with van der Waals surface area (Å²) in [6.07, 6.45) is 1.03. The molecule has 1 saturated heterocycles. The van der Waals surface area contributed by atoms with Gasteiger partial charge < -0.3 is 20.9 Å². The van der Waals surface area contributed by atoms with E-state index in [1.165, 1.54) is 11.3 Å². The number of hydrogen-bond acceptors (Lipinski definition) is 3. The number of nitrogens with one attached hydrogen (secondary N) is 1. The molecule has 20 heavy (non-hydrogen) atoms. The van der Waals surface area contributed by atoms with Crippen LogP contribution in [0.3, 0.4) is 0 Å². The standard InChI is InChI=1S/C15H22N4O/c16-6-5-12-11-19(14-4-2-1-3-13(12)14)10-9-18-8-7-17-15(18)20/h1-4,12H,5-11,16H2,(H,17,20). The van der Waals surface area contributed by atoms with Crippen molar-refractivity contribution in [2.24, 2.45) is 5.73 Å². The third kappa shape index (κ3) is 2.45. The first-order valence-electron chi connectivity index (χ1n) is 7.36. The Labute approximate surface area is 119 Å². The highest BCUT2D eigenvalue weighted by molar-refractivity contribution is 5.76. The lowest BCUT2D eigenvalue weighted by molar-refractivity contribution is 0.218. The van der Waals surface area contributed by atoms with Gasteiger partial charge in [-0.2, -0.15) is 0 Å². The minimum atomic E-state index is 0.0657. The molecule has 1 aromatic rings. The van der Waals surface area contributed by atoms with E-state index in [2.05, 4.69) is 34.5 Å². The molecular weight excluding hydrogens is 252 g/mol. The van der Waals surface area contributed by atoms with Gasteiger partial charge in [0.15, 0.2) is 0 Å². The Morgan fingerprint density at radius 1 is 1.25 bits per heavy atom. The van der Waals surface area contributed by atoms with E-state index in [-0.39, 0.29) is 6.03 Å². The molecule has 0 radical (unpaired) electrons. The second kappa shape index (κ2) is 5.71. The van der Waals surface area contributed by atoms with Crippen LogP contribution in [0.25, 0.3) is 0 Å². The Morgan fingerprint density at radius 2 is 2.05 bits per heavy atom. The molecule has 108 valence electrons. The van der Waals surface area contributed by atoms with Crippen LogP contribution < -0.4 is 16.0 Å². The lowest BCUT2D eigenvalue weighted by atomic mass is 9.98. The summed E-state index contributed by atoms with van der Waals surface area (Å²) >= 11 is 0. The number of hydrogen-bond donors (Lipinski definition) is 2. The maximum absolute atomic E-state index is 11.6. The van der Waals surface area contributed by atoms with Crippen LogP contribution in [0.4, 0.5) is 10.5 Å². The number of para-hydroxylation sites is 1. The molecule has 2 aliphatic heterocycles. The van der Waals surface area contributed by atoms with Crippen molar-refractivity contribution in [2.75, 3.05) is 44.2 Å². The molecule has 1 atom stereocenters. The van der Waals surface area contributed by atoms with Crippen molar-refractivity contribution < 1.29 is 4.79 Å². The van der Waals surface area contributed by atoms with E-state index in [0.29, 0.717) is 5.92 Å². The summed E-state index contributed by atoms with van der Waals surface area (Å²) in [7, 11) is 0. The van der Waals surface area contributed by atoms with Crippen molar-refractivity contribution in [1.29, 1.82) is 0 Å². The Morgan fingerprint density at radius 3 is 2.80 bits per heavy atom. The molecular formula is C15H22N4O. The normalized spacial score (nSPS) is 21.2. The van der Waals surface area contributed by atoms with Crippen LogP contribution in [-0.2, 0) is 0 Å². The largest absolute Gasteiger partial charge is 0.369 e. The second-order valence-corrected chi connectivity index (χ2v) is 5.50. The summed E-state index contributed by atoms with van der Waals surface area (Å²) in [4.78, 5) is 15.8. The second-order valence-electron chi connectivity index (χ2n) is 5.50. The van der Waals surface area contributed by atoms with Gasteiger partial charge in [-0.3, -0.25) is 0 Å². The van der Waals surface area contributed by atoms with Gasteiger partial charge in [0.25, 0.3) is 0 Å². The minimum Gasteiger partial charge on any atom is -0.369 e. The Kier molecular flexibility index (Phi) is 3.78. The van der Waals surface area contributed by atoms with Gasteiger partial charge in [0.05, 0.1) is 0 Å². The van der Waals surface area contributed by atoms with Crippen LogP contribution in [0.2, 0.25) is 0 Å². The Balaban J connectivity index is 1.67. The number of rotatable bonds is 5. The van der Waals surface area contributed by atoms with E-state index in [9.17, 15) is 4.79 Å². The average Bonchev–Trinajstić information content (AvgIpc) is 3.02. The molecule has 0 saturated carbocycles. The van der Waals surface area contributed by atoms with Crippen LogP contribution in [0.15, 0.2) is 24.3 Å². The molecule has 0 aromatic heterocycles. The molecule has 3 N–H and O–H groups in total. The van der Waals surface area contributed by atoms with Crippen LogP contribution in [0.5, 0.6) is 0 Å². The van der Waals surface area contributed by atoms with E-state index in [1.807, 2.05) is 4.90 Å². The molecule has 1 unspecified atom stereocenters. The quantitative estimate of drug-likeness (QED) is 0.841. The third-order valence-corrected chi connectivity index (χ3v) is 4.26. The number of anilines is 1. The summed E-state index contributed by atoms with van der Waals surface area (Å²) in [5.41, 5.74) is 8.44. The molecule has 0 bridgehead atoms. The molecule has 2 aliphatic rings. The predicted molar refractivity (Wildman–Crippen MR) is 80.0 cm³/mol. The molecule has 0 aliphatic carbocycles. The Bertz CT molecular complexity index is 491. The highest BCUT2D eigenvalue weighted by atomic mass is 16.2. The summed E-state index contributed by atoms with van der Waals surface area (Å²) < 4.78 is 0. The van der Waals surface area contributed by atoms with Gasteiger partial charge in [0, 0.05) is 44.3 Å². The first-order chi connectivity index (χ1) is 9.79. The van der Waals surface area contributed by atoms with E-state index >= 15 is 0 Å². The zero-order chi connectivity index (χ0) is 13.9. The number of urea groups is 1. The summed E-state index contributed by atoms with van der Waals surface area (Å²) in [5, 5.41) is 2.85. The zero-order valence-corrected chi connectivity index (χ0v) is 11.7. The summed E-state index contributed by atoms with van der Waals surface area (Å²) in [6.45, 7) is 5.01. The van der Waals surface area contributed by atoms with E-state index in [1.54, 1.807) is 0 Å². The number of carbonyl (C=O) groups is 1. The average molecular weight is 274 g/mol. The minimum absolute atomic E-state index is 0.0657. The molecule has 2 heterocycles. The SMILES string of the molecule is NCCC1CN(CCN2CCNC2=O)c2ccccc21. The molecule has 0 spiro atoms. The highest BCUT2D eigenvalue weighted by Gasteiger charge is 2.28. The number of benzene rings is 1. The van der Waals surface area contributed by atoms with E-state index in [0.717, 1.165) is 45.7 Å². The van der Waals surface area contributed by atoms with E-state index < -0.39 is 0 Å². The number of fused-ring (bicyclic) bond motifs is 1. The van der Waals surface area contributed by atoms with E-state index in [4.69, 9.17) is 5.73 Å². The lowest BCUT2D eigenvalue weighted by Crippen LogP contribution is -2.36. The molecule has 5 nitrogen and oxygen atoms in total. The van der Waals surface area contributed by atoms with Crippen molar-refractivity contribution in [3.63, 3.8) is 0 Å². The fraction of sp³-hybridized carbons (Fsp3) is 0.533. The van der Waals surface area contributed by atoms with Crippen molar-refractivity contribution in [1.82, 2.24) is 10.2 Å². The fourth-order valence-corrected chi connectivity index (χ4v) is 3.21. The summed E-state index contributed by atoms with van der Waals surface area (Å²) in [5.74, 6) is 0.531. The smallest absolute Gasteiger partial charge is 0.317 e. The molecule has 1 aromatic carbocycles. The van der Waals surface area contributed by atoms with Crippen LogP contribution >= 0.6 is 0 Å². The van der Waals surface area contributed by atoms with Gasteiger partial charge in [0.2, 0.25) is 0 Å². The van der Waals surface area contributed by atoms with Crippen LogP contribution in [-0.4, -0.2) is 50.2 Å². The lowest BCUT2D eigenvalue weighted by Gasteiger charge is -2.23.